The highest BCUT2D eigenvalue weighted by Gasteiger charge is 2.13. The zero-order chi connectivity index (χ0) is 20.8. The minimum absolute atomic E-state index is 0.0745. The van der Waals surface area contributed by atoms with Crippen LogP contribution in [-0.2, 0) is 11.3 Å². The Morgan fingerprint density at radius 2 is 1.40 bits per heavy atom. The first-order chi connectivity index (χ1) is 14.7. The molecule has 0 atom stereocenters. The third-order valence-corrected chi connectivity index (χ3v) is 5.11. The molecule has 0 saturated heterocycles. The van der Waals surface area contributed by atoms with Crippen LogP contribution >= 0.6 is 0 Å². The summed E-state index contributed by atoms with van der Waals surface area (Å²) >= 11 is 0. The van der Waals surface area contributed by atoms with Gasteiger partial charge < -0.3 is 19.1 Å². The Balaban J connectivity index is 1.34. The summed E-state index contributed by atoms with van der Waals surface area (Å²) in [5, 5.41) is 11.4. The maximum absolute atomic E-state index is 11.4. The van der Waals surface area contributed by atoms with Gasteiger partial charge in [-0.1, -0.05) is 36.4 Å². The molecular weight excluding hydrogens is 378 g/mol. The average molecular weight is 403 g/mol. The lowest BCUT2D eigenvalue weighted by Gasteiger charge is -2.09. The number of carboxylic acids is 1. The maximum atomic E-state index is 11.4. The van der Waals surface area contributed by atoms with Crippen molar-refractivity contribution in [3.05, 3.63) is 72.8 Å². The minimum Gasteiger partial charge on any atom is -0.494 e. The number of aliphatic carboxylic acids is 1. The molecule has 0 aliphatic carbocycles. The molecule has 5 heteroatoms. The summed E-state index contributed by atoms with van der Waals surface area (Å²) in [6, 6.07) is 23.6. The number of ether oxygens (including phenoxy) is 2. The van der Waals surface area contributed by atoms with Gasteiger partial charge in [0.05, 0.1) is 18.7 Å². The van der Waals surface area contributed by atoms with Crippen LogP contribution in [0.25, 0.3) is 21.8 Å². The van der Waals surface area contributed by atoms with Gasteiger partial charge in [0, 0.05) is 22.4 Å². The van der Waals surface area contributed by atoms with Gasteiger partial charge in [0.1, 0.15) is 18.0 Å². The monoisotopic (exact) mass is 403 g/mol. The van der Waals surface area contributed by atoms with Gasteiger partial charge in [-0.3, -0.25) is 4.79 Å². The van der Waals surface area contributed by atoms with E-state index in [1.54, 1.807) is 0 Å². The van der Waals surface area contributed by atoms with Crippen molar-refractivity contribution < 1.29 is 19.4 Å². The Labute approximate surface area is 175 Å². The molecule has 3 aromatic carbocycles. The predicted octanol–water partition coefficient (Wildman–Crippen LogP) is 5.51. The Hall–Kier alpha value is -3.47. The van der Waals surface area contributed by atoms with Crippen LogP contribution in [0.4, 0.5) is 0 Å². The van der Waals surface area contributed by atoms with E-state index in [2.05, 4.69) is 0 Å². The number of benzene rings is 3. The Morgan fingerprint density at radius 3 is 2.17 bits per heavy atom. The number of carbonyl (C=O) groups is 1. The number of unbranched alkanes of at least 4 members (excludes halogenated alkanes) is 2. The number of para-hydroxylation sites is 2. The van der Waals surface area contributed by atoms with Crippen LogP contribution in [0, 0.1) is 0 Å². The molecule has 1 heterocycles. The van der Waals surface area contributed by atoms with Crippen LogP contribution in [-0.4, -0.2) is 28.9 Å². The maximum Gasteiger partial charge on any atom is 0.323 e. The number of fused-ring (bicyclic) bond motifs is 3. The molecule has 0 radical (unpaired) electrons. The number of nitrogens with zero attached hydrogens (tertiary/aromatic N) is 1. The molecule has 0 amide bonds. The molecule has 1 aromatic heterocycles. The number of hydrogen-bond donors (Lipinski definition) is 1. The summed E-state index contributed by atoms with van der Waals surface area (Å²) in [6.45, 7) is 1.25. The van der Waals surface area contributed by atoms with E-state index < -0.39 is 5.97 Å². The molecule has 4 aromatic rings. The van der Waals surface area contributed by atoms with Crippen molar-refractivity contribution in [3.63, 3.8) is 0 Å². The van der Waals surface area contributed by atoms with E-state index in [0.717, 1.165) is 52.6 Å². The number of aromatic nitrogens is 1. The fourth-order valence-electron chi connectivity index (χ4n) is 3.70. The zero-order valence-corrected chi connectivity index (χ0v) is 16.8. The Morgan fingerprint density at radius 1 is 0.733 bits per heavy atom. The van der Waals surface area contributed by atoms with Crippen LogP contribution < -0.4 is 9.47 Å². The van der Waals surface area contributed by atoms with Gasteiger partial charge in [0.25, 0.3) is 0 Å². The second-order valence-corrected chi connectivity index (χ2v) is 7.25. The molecule has 1 N–H and O–H groups in total. The molecule has 0 saturated carbocycles. The fraction of sp³-hybridized carbons (Fsp3) is 0.240. The molecule has 5 nitrogen and oxygen atoms in total. The number of rotatable bonds is 10. The van der Waals surface area contributed by atoms with Crippen molar-refractivity contribution in [3.8, 4) is 11.5 Å². The van der Waals surface area contributed by atoms with Crippen LogP contribution in [0.15, 0.2) is 72.8 Å². The highest BCUT2D eigenvalue weighted by Crippen LogP contribution is 2.31. The Bertz CT molecular complexity index is 1130. The molecular formula is C25H25NO4. The van der Waals surface area contributed by atoms with E-state index in [1.165, 1.54) is 0 Å². The minimum atomic E-state index is -0.860. The SMILES string of the molecule is O=C(O)Cn1c2ccccc2c2ccc(OCCCCCOc3ccccc3)cc21. The van der Waals surface area contributed by atoms with Crippen LogP contribution in [0.3, 0.4) is 0 Å². The zero-order valence-electron chi connectivity index (χ0n) is 16.8. The van der Waals surface area contributed by atoms with Gasteiger partial charge in [-0.25, -0.2) is 0 Å². The van der Waals surface area contributed by atoms with Crippen molar-refractivity contribution in [2.24, 2.45) is 0 Å². The highest BCUT2D eigenvalue weighted by molar-refractivity contribution is 6.08. The molecule has 0 spiro atoms. The van der Waals surface area contributed by atoms with E-state index in [0.29, 0.717) is 13.2 Å². The van der Waals surface area contributed by atoms with E-state index in [4.69, 9.17) is 9.47 Å². The fourth-order valence-corrected chi connectivity index (χ4v) is 3.70. The highest BCUT2D eigenvalue weighted by atomic mass is 16.5. The average Bonchev–Trinajstić information content (AvgIpc) is 3.06. The van der Waals surface area contributed by atoms with Crippen molar-refractivity contribution in [1.82, 2.24) is 4.57 Å². The number of carboxylic acid groups (broad SMARTS) is 1. The van der Waals surface area contributed by atoms with Crippen molar-refractivity contribution in [1.29, 1.82) is 0 Å². The molecule has 0 fully saturated rings. The summed E-state index contributed by atoms with van der Waals surface area (Å²) in [5.41, 5.74) is 1.80. The van der Waals surface area contributed by atoms with Gasteiger partial charge in [-0.05, 0) is 49.6 Å². The lowest BCUT2D eigenvalue weighted by Crippen LogP contribution is -2.08. The van der Waals surface area contributed by atoms with Gasteiger partial charge in [0.15, 0.2) is 0 Å². The molecule has 0 bridgehead atoms. The molecule has 154 valence electrons. The largest absolute Gasteiger partial charge is 0.494 e. The molecule has 30 heavy (non-hydrogen) atoms. The third kappa shape index (κ3) is 4.57. The van der Waals surface area contributed by atoms with Crippen LogP contribution in [0.2, 0.25) is 0 Å². The predicted molar refractivity (Wildman–Crippen MR) is 118 cm³/mol. The molecule has 0 aliphatic rings. The summed E-state index contributed by atoms with van der Waals surface area (Å²) < 4.78 is 13.5. The second-order valence-electron chi connectivity index (χ2n) is 7.25. The lowest BCUT2D eigenvalue weighted by molar-refractivity contribution is -0.137. The third-order valence-electron chi connectivity index (χ3n) is 5.11. The molecule has 0 aliphatic heterocycles. The van der Waals surface area contributed by atoms with Crippen molar-refractivity contribution in [2.45, 2.75) is 25.8 Å². The van der Waals surface area contributed by atoms with E-state index >= 15 is 0 Å². The molecule has 4 rings (SSSR count). The normalized spacial score (nSPS) is 11.1. The van der Waals surface area contributed by atoms with Gasteiger partial charge in [0.2, 0.25) is 0 Å². The van der Waals surface area contributed by atoms with E-state index in [-0.39, 0.29) is 6.54 Å². The van der Waals surface area contributed by atoms with Gasteiger partial charge in [-0.2, -0.15) is 0 Å². The summed E-state index contributed by atoms with van der Waals surface area (Å²) in [5.74, 6) is 0.804. The summed E-state index contributed by atoms with van der Waals surface area (Å²) in [6.07, 6.45) is 2.94. The van der Waals surface area contributed by atoms with Crippen LogP contribution in [0.1, 0.15) is 19.3 Å². The van der Waals surface area contributed by atoms with Crippen molar-refractivity contribution >= 4 is 27.8 Å². The standard InChI is InChI=1S/C25H25NO4/c27-25(28)18-26-23-12-6-5-11-21(23)22-14-13-20(17-24(22)26)30-16-8-2-7-15-29-19-9-3-1-4-10-19/h1,3-6,9-14,17H,2,7-8,15-16,18H2,(H,27,28). The Kier molecular flexibility index (Phi) is 6.18. The lowest BCUT2D eigenvalue weighted by atomic mass is 10.1. The summed E-state index contributed by atoms with van der Waals surface area (Å²) in [7, 11) is 0. The topological polar surface area (TPSA) is 60.7 Å². The van der Waals surface area contributed by atoms with E-state index in [1.807, 2.05) is 77.4 Å². The van der Waals surface area contributed by atoms with Gasteiger partial charge >= 0.3 is 5.97 Å². The first-order valence-corrected chi connectivity index (χ1v) is 10.3. The van der Waals surface area contributed by atoms with Crippen LogP contribution in [0.5, 0.6) is 11.5 Å². The smallest absolute Gasteiger partial charge is 0.323 e. The van der Waals surface area contributed by atoms with Crippen molar-refractivity contribution in [2.75, 3.05) is 13.2 Å². The quantitative estimate of drug-likeness (QED) is 0.355. The first kappa shape index (κ1) is 19.8. The summed E-state index contributed by atoms with van der Waals surface area (Å²) in [4.78, 5) is 11.4. The first-order valence-electron chi connectivity index (χ1n) is 10.3. The number of hydrogen-bond acceptors (Lipinski definition) is 3. The second kappa shape index (κ2) is 9.35. The van der Waals surface area contributed by atoms with Gasteiger partial charge in [-0.15, -0.1) is 0 Å². The molecule has 0 unspecified atom stereocenters. The van der Waals surface area contributed by atoms with E-state index in [9.17, 15) is 9.90 Å².